The van der Waals surface area contributed by atoms with E-state index >= 15 is 0 Å². The lowest BCUT2D eigenvalue weighted by Gasteiger charge is -2.00. The fourth-order valence-corrected chi connectivity index (χ4v) is 2.38. The van der Waals surface area contributed by atoms with E-state index in [2.05, 4.69) is 26.8 Å². The molecule has 4 rings (SSSR count). The van der Waals surface area contributed by atoms with Gasteiger partial charge < -0.3 is 4.52 Å². The number of fused-ring (bicyclic) bond motifs is 1. The normalized spacial score (nSPS) is 17.9. The number of hydrogen-bond donors (Lipinski definition) is 0. The smallest absolute Gasteiger partial charge is 0.234 e. The summed E-state index contributed by atoms with van der Waals surface area (Å²) in [5.41, 5.74) is 4.65. The minimum Gasteiger partial charge on any atom is -0.338 e. The van der Waals surface area contributed by atoms with Crippen molar-refractivity contribution in [2.45, 2.75) is 26.2 Å². The van der Waals surface area contributed by atoms with Crippen molar-refractivity contribution in [1.29, 1.82) is 0 Å². The van der Waals surface area contributed by atoms with Crippen LogP contribution in [0, 0.1) is 13.8 Å². The van der Waals surface area contributed by atoms with E-state index in [1.54, 1.807) is 10.7 Å². The second-order valence-electron chi connectivity index (χ2n) is 5.20. The molecule has 1 aliphatic carbocycles. The summed E-state index contributed by atoms with van der Waals surface area (Å²) in [6.07, 6.45) is 2.66. The Balaban J connectivity index is 1.85. The number of allylic oxidation sites excluding steroid dienone is 1. The zero-order chi connectivity index (χ0) is 13.9. The van der Waals surface area contributed by atoms with Gasteiger partial charge in [-0.05, 0) is 26.3 Å². The van der Waals surface area contributed by atoms with E-state index in [0.717, 1.165) is 34.6 Å². The van der Waals surface area contributed by atoms with Gasteiger partial charge in [0.05, 0.1) is 17.7 Å². The van der Waals surface area contributed by atoms with Crippen LogP contribution in [0.4, 0.5) is 0 Å². The van der Waals surface area contributed by atoms with Gasteiger partial charge >= 0.3 is 0 Å². The molecule has 6 nitrogen and oxygen atoms in total. The third-order valence-electron chi connectivity index (χ3n) is 3.56. The van der Waals surface area contributed by atoms with Crippen LogP contribution in [0.2, 0.25) is 0 Å². The summed E-state index contributed by atoms with van der Waals surface area (Å²) in [6.45, 7) is 7.87. The molecule has 3 aromatic heterocycles. The monoisotopic (exact) mass is 267 g/mol. The summed E-state index contributed by atoms with van der Waals surface area (Å²) >= 11 is 0. The molecule has 1 saturated carbocycles. The molecule has 0 aliphatic heterocycles. The molecule has 3 aromatic rings. The van der Waals surface area contributed by atoms with Gasteiger partial charge in [0.1, 0.15) is 0 Å². The Hall–Kier alpha value is -2.50. The third-order valence-corrected chi connectivity index (χ3v) is 3.56. The lowest BCUT2D eigenvalue weighted by Crippen LogP contribution is -1.97. The Morgan fingerprint density at radius 1 is 1.35 bits per heavy atom. The summed E-state index contributed by atoms with van der Waals surface area (Å²) < 4.78 is 7.09. The molecule has 100 valence electrons. The molecular formula is C14H13N5O. The minimum absolute atomic E-state index is 0.231. The predicted molar refractivity (Wildman–Crippen MR) is 72.3 cm³/mol. The summed E-state index contributed by atoms with van der Waals surface area (Å²) in [5, 5.41) is 8.38. The van der Waals surface area contributed by atoms with Crippen LogP contribution in [-0.2, 0) is 0 Å². The summed E-state index contributed by atoms with van der Waals surface area (Å²) in [4.78, 5) is 8.96. The second-order valence-corrected chi connectivity index (χ2v) is 5.20. The molecule has 0 amide bonds. The Bertz CT molecular complexity index is 844. The topological polar surface area (TPSA) is 69.1 Å². The number of rotatable bonds is 2. The largest absolute Gasteiger partial charge is 0.338 e. The first-order chi connectivity index (χ1) is 9.63. The van der Waals surface area contributed by atoms with Crippen LogP contribution in [0.15, 0.2) is 28.9 Å². The van der Waals surface area contributed by atoms with Crippen LogP contribution in [0.3, 0.4) is 0 Å². The molecule has 0 saturated heterocycles. The van der Waals surface area contributed by atoms with E-state index in [1.807, 2.05) is 19.9 Å². The van der Waals surface area contributed by atoms with E-state index in [1.165, 1.54) is 0 Å². The average molecular weight is 267 g/mol. The standard InChI is InChI=1S/C14H13N5O/c1-7-4-10(7)14-17-12(18-20-14)11-6-15-19-9(3)5-8(2)16-13(11)19/h5-6,10H,1,4H2,2-3H3. The number of nitrogens with zero attached hydrogens (tertiary/aromatic N) is 5. The highest BCUT2D eigenvalue weighted by Crippen LogP contribution is 2.44. The van der Waals surface area contributed by atoms with E-state index in [0.29, 0.717) is 11.7 Å². The number of hydrogen-bond acceptors (Lipinski definition) is 5. The minimum atomic E-state index is 0.231. The first kappa shape index (κ1) is 11.3. The van der Waals surface area contributed by atoms with Crippen LogP contribution in [-0.4, -0.2) is 24.7 Å². The van der Waals surface area contributed by atoms with Crippen LogP contribution < -0.4 is 0 Å². The van der Waals surface area contributed by atoms with E-state index < -0.39 is 0 Å². The molecule has 6 heteroatoms. The molecule has 0 spiro atoms. The molecule has 0 aromatic carbocycles. The van der Waals surface area contributed by atoms with Gasteiger partial charge in [-0.15, -0.1) is 0 Å². The van der Waals surface area contributed by atoms with Crippen molar-refractivity contribution in [2.75, 3.05) is 0 Å². The van der Waals surface area contributed by atoms with Crippen molar-refractivity contribution in [1.82, 2.24) is 24.7 Å². The first-order valence-corrected chi connectivity index (χ1v) is 6.47. The predicted octanol–water partition coefficient (Wildman–Crippen LogP) is 2.44. The van der Waals surface area contributed by atoms with Crippen molar-refractivity contribution in [3.8, 4) is 11.4 Å². The van der Waals surface area contributed by atoms with Gasteiger partial charge in [0.25, 0.3) is 0 Å². The summed E-state index contributed by atoms with van der Waals surface area (Å²) in [6, 6.07) is 1.99. The maximum Gasteiger partial charge on any atom is 0.234 e. The van der Waals surface area contributed by atoms with E-state index in [-0.39, 0.29) is 5.92 Å². The highest BCUT2D eigenvalue weighted by Gasteiger charge is 2.35. The molecule has 0 N–H and O–H groups in total. The third kappa shape index (κ3) is 1.57. The molecular weight excluding hydrogens is 254 g/mol. The van der Waals surface area contributed by atoms with Gasteiger partial charge in [0.2, 0.25) is 11.7 Å². The van der Waals surface area contributed by atoms with E-state index in [9.17, 15) is 0 Å². The van der Waals surface area contributed by atoms with Gasteiger partial charge in [0.15, 0.2) is 5.65 Å². The molecule has 1 atom stereocenters. The molecule has 1 unspecified atom stereocenters. The Morgan fingerprint density at radius 2 is 2.15 bits per heavy atom. The number of aryl methyl sites for hydroxylation is 2. The van der Waals surface area contributed by atoms with Crippen LogP contribution in [0.25, 0.3) is 17.0 Å². The Labute approximate surface area is 115 Å². The summed E-state index contributed by atoms with van der Waals surface area (Å²) in [7, 11) is 0. The quantitative estimate of drug-likeness (QED) is 0.667. The molecule has 0 radical (unpaired) electrons. The molecule has 1 aliphatic rings. The maximum atomic E-state index is 5.31. The van der Waals surface area contributed by atoms with Crippen molar-refractivity contribution in [3.05, 3.63) is 41.7 Å². The molecule has 1 fully saturated rings. The average Bonchev–Trinajstić information content (AvgIpc) is 2.83. The second kappa shape index (κ2) is 3.75. The fraction of sp³-hybridized carbons (Fsp3) is 0.286. The Kier molecular flexibility index (Phi) is 2.13. The first-order valence-electron chi connectivity index (χ1n) is 6.47. The Morgan fingerprint density at radius 3 is 2.90 bits per heavy atom. The number of aromatic nitrogens is 5. The zero-order valence-electron chi connectivity index (χ0n) is 11.3. The van der Waals surface area contributed by atoms with Crippen molar-refractivity contribution >= 4 is 5.65 Å². The van der Waals surface area contributed by atoms with E-state index in [4.69, 9.17) is 4.52 Å². The summed E-state index contributed by atoms with van der Waals surface area (Å²) in [5.74, 6) is 1.40. The fourth-order valence-electron chi connectivity index (χ4n) is 2.38. The van der Waals surface area contributed by atoms with Gasteiger partial charge in [-0.25, -0.2) is 9.50 Å². The van der Waals surface area contributed by atoms with Gasteiger partial charge in [0, 0.05) is 11.4 Å². The molecule has 3 heterocycles. The highest BCUT2D eigenvalue weighted by molar-refractivity contribution is 5.72. The van der Waals surface area contributed by atoms with Crippen molar-refractivity contribution < 1.29 is 4.52 Å². The lowest BCUT2D eigenvalue weighted by atomic mass is 10.3. The van der Waals surface area contributed by atoms with Crippen LogP contribution in [0.1, 0.15) is 29.6 Å². The van der Waals surface area contributed by atoms with Crippen LogP contribution >= 0.6 is 0 Å². The lowest BCUT2D eigenvalue weighted by molar-refractivity contribution is 0.382. The molecule has 0 bridgehead atoms. The van der Waals surface area contributed by atoms with Crippen molar-refractivity contribution in [2.24, 2.45) is 0 Å². The van der Waals surface area contributed by atoms with Crippen LogP contribution in [0.5, 0.6) is 0 Å². The highest BCUT2D eigenvalue weighted by atomic mass is 16.5. The maximum absolute atomic E-state index is 5.31. The zero-order valence-corrected chi connectivity index (χ0v) is 11.3. The van der Waals surface area contributed by atoms with Gasteiger partial charge in [-0.2, -0.15) is 10.1 Å². The SMILES string of the molecule is C=C1CC1c1nc(-c2cnn3c(C)cc(C)nc23)no1. The van der Waals surface area contributed by atoms with Crippen molar-refractivity contribution in [3.63, 3.8) is 0 Å². The van der Waals surface area contributed by atoms with Gasteiger partial charge in [-0.3, -0.25) is 0 Å². The van der Waals surface area contributed by atoms with Gasteiger partial charge in [-0.1, -0.05) is 17.3 Å². The molecule has 20 heavy (non-hydrogen) atoms.